The van der Waals surface area contributed by atoms with Crippen LogP contribution in [0.4, 0.5) is 0 Å². The summed E-state index contributed by atoms with van der Waals surface area (Å²) in [5.41, 5.74) is 6.08. The molecule has 1 atom stereocenters. The first-order valence-corrected chi connectivity index (χ1v) is 7.28. The Morgan fingerprint density at radius 1 is 1.19 bits per heavy atom. The fourth-order valence-electron chi connectivity index (χ4n) is 2.82. The molecular formula is C17H20N4. The molecule has 2 heterocycles. The van der Waals surface area contributed by atoms with E-state index in [1.54, 1.807) is 6.20 Å². The number of hydrogen-bond acceptors (Lipinski definition) is 3. The van der Waals surface area contributed by atoms with Gasteiger partial charge in [0.1, 0.15) is 0 Å². The molecule has 0 aliphatic rings. The van der Waals surface area contributed by atoms with Gasteiger partial charge in [0.05, 0.1) is 24.0 Å². The lowest BCUT2D eigenvalue weighted by Crippen LogP contribution is -2.22. The van der Waals surface area contributed by atoms with Gasteiger partial charge < -0.3 is 5.32 Å². The molecule has 4 nitrogen and oxygen atoms in total. The molecule has 1 N–H and O–H groups in total. The van der Waals surface area contributed by atoms with Crippen LogP contribution >= 0.6 is 0 Å². The Bertz CT molecular complexity index is 760. The fraction of sp³-hybridized carbons (Fsp3) is 0.294. The van der Waals surface area contributed by atoms with E-state index < -0.39 is 0 Å². The Kier molecular flexibility index (Phi) is 3.71. The first-order chi connectivity index (χ1) is 10.2. The van der Waals surface area contributed by atoms with Crippen LogP contribution in [0.5, 0.6) is 0 Å². The van der Waals surface area contributed by atoms with E-state index in [0.29, 0.717) is 0 Å². The average Bonchev–Trinajstić information content (AvgIpc) is 2.89. The van der Waals surface area contributed by atoms with E-state index in [1.807, 2.05) is 23.1 Å². The molecular weight excluding hydrogens is 260 g/mol. The summed E-state index contributed by atoms with van der Waals surface area (Å²) in [5, 5.41) is 8.00. The Morgan fingerprint density at radius 3 is 2.81 bits per heavy atom. The van der Waals surface area contributed by atoms with Gasteiger partial charge in [-0.2, -0.15) is 5.10 Å². The highest BCUT2D eigenvalue weighted by atomic mass is 15.2. The van der Waals surface area contributed by atoms with Crippen molar-refractivity contribution in [2.75, 3.05) is 6.54 Å². The highest BCUT2D eigenvalue weighted by Gasteiger charge is 2.19. The van der Waals surface area contributed by atoms with Crippen LogP contribution in [0, 0.1) is 13.8 Å². The molecule has 0 radical (unpaired) electrons. The average molecular weight is 280 g/mol. The highest BCUT2D eigenvalue weighted by molar-refractivity contribution is 5.56. The van der Waals surface area contributed by atoms with Gasteiger partial charge in [-0.15, -0.1) is 0 Å². The van der Waals surface area contributed by atoms with Crippen molar-refractivity contribution in [2.45, 2.75) is 26.8 Å². The Labute approximate surface area is 124 Å². The molecule has 108 valence electrons. The van der Waals surface area contributed by atoms with Crippen LogP contribution in [0.1, 0.15) is 35.2 Å². The quantitative estimate of drug-likeness (QED) is 0.798. The summed E-state index contributed by atoms with van der Waals surface area (Å²) in [4.78, 5) is 4.23. The molecule has 0 aliphatic carbocycles. The number of benzene rings is 1. The lowest BCUT2D eigenvalue weighted by Gasteiger charge is -2.20. The minimum Gasteiger partial charge on any atom is -0.306 e. The summed E-state index contributed by atoms with van der Waals surface area (Å²) in [6.45, 7) is 7.31. The van der Waals surface area contributed by atoms with Gasteiger partial charge in [-0.05, 0) is 31.5 Å². The molecule has 3 aromatic rings. The van der Waals surface area contributed by atoms with Crippen molar-refractivity contribution in [3.05, 3.63) is 65.2 Å². The number of aryl methyl sites for hydroxylation is 2. The standard InChI is InChI=1S/C17H20N4/c1-4-19-17(14-6-5-12(2)9-13(14)3)15-10-20-21-8-7-18-11-16(15)21/h5-11,17,19H,4H2,1-3H3. The predicted octanol–water partition coefficient (Wildman–Crippen LogP) is 3.05. The third kappa shape index (κ3) is 2.54. The van der Waals surface area contributed by atoms with Crippen LogP contribution in [-0.4, -0.2) is 21.1 Å². The molecule has 2 aromatic heterocycles. The van der Waals surface area contributed by atoms with E-state index in [-0.39, 0.29) is 6.04 Å². The minimum atomic E-state index is 0.136. The number of fused-ring (bicyclic) bond motifs is 1. The topological polar surface area (TPSA) is 42.2 Å². The largest absolute Gasteiger partial charge is 0.306 e. The molecule has 1 unspecified atom stereocenters. The molecule has 4 heteroatoms. The molecule has 21 heavy (non-hydrogen) atoms. The monoisotopic (exact) mass is 280 g/mol. The predicted molar refractivity (Wildman–Crippen MR) is 84.4 cm³/mol. The SMILES string of the molecule is CCNC(c1ccc(C)cc1C)c1cnn2ccncc12. The van der Waals surface area contributed by atoms with Crippen molar-refractivity contribution in [3.63, 3.8) is 0 Å². The summed E-state index contributed by atoms with van der Waals surface area (Å²) in [6.07, 6.45) is 7.44. The number of aromatic nitrogens is 3. The van der Waals surface area contributed by atoms with E-state index in [2.05, 4.69) is 54.4 Å². The maximum atomic E-state index is 4.43. The molecule has 3 rings (SSSR count). The van der Waals surface area contributed by atoms with Gasteiger partial charge in [0.2, 0.25) is 0 Å². The molecule has 0 aliphatic heterocycles. The van der Waals surface area contributed by atoms with Crippen LogP contribution in [0.25, 0.3) is 5.52 Å². The summed E-state index contributed by atoms with van der Waals surface area (Å²) in [5.74, 6) is 0. The van der Waals surface area contributed by atoms with Gasteiger partial charge in [-0.3, -0.25) is 4.98 Å². The van der Waals surface area contributed by atoms with E-state index in [1.165, 1.54) is 16.7 Å². The van der Waals surface area contributed by atoms with Crippen LogP contribution in [0.2, 0.25) is 0 Å². The van der Waals surface area contributed by atoms with Crippen LogP contribution < -0.4 is 5.32 Å². The Morgan fingerprint density at radius 2 is 2.05 bits per heavy atom. The van der Waals surface area contributed by atoms with Crippen LogP contribution in [0.3, 0.4) is 0 Å². The Balaban J connectivity index is 2.13. The van der Waals surface area contributed by atoms with Crippen molar-refractivity contribution >= 4 is 5.52 Å². The van der Waals surface area contributed by atoms with Crippen molar-refractivity contribution in [2.24, 2.45) is 0 Å². The summed E-state index contributed by atoms with van der Waals surface area (Å²) < 4.78 is 1.87. The zero-order chi connectivity index (χ0) is 14.8. The number of hydrogen-bond donors (Lipinski definition) is 1. The van der Waals surface area contributed by atoms with Gasteiger partial charge in [-0.1, -0.05) is 30.7 Å². The van der Waals surface area contributed by atoms with E-state index in [9.17, 15) is 0 Å². The van der Waals surface area contributed by atoms with Gasteiger partial charge in [0.15, 0.2) is 0 Å². The van der Waals surface area contributed by atoms with E-state index >= 15 is 0 Å². The van der Waals surface area contributed by atoms with Crippen molar-refractivity contribution in [3.8, 4) is 0 Å². The lowest BCUT2D eigenvalue weighted by atomic mass is 9.94. The van der Waals surface area contributed by atoms with Crippen molar-refractivity contribution < 1.29 is 0 Å². The smallest absolute Gasteiger partial charge is 0.0896 e. The second-order valence-corrected chi connectivity index (χ2v) is 5.36. The van der Waals surface area contributed by atoms with E-state index in [0.717, 1.165) is 17.6 Å². The molecule has 0 saturated carbocycles. The zero-order valence-corrected chi connectivity index (χ0v) is 12.7. The lowest BCUT2D eigenvalue weighted by molar-refractivity contribution is 0.631. The molecule has 0 saturated heterocycles. The highest BCUT2D eigenvalue weighted by Crippen LogP contribution is 2.28. The Hall–Kier alpha value is -2.20. The van der Waals surface area contributed by atoms with E-state index in [4.69, 9.17) is 0 Å². The molecule has 0 bridgehead atoms. The fourth-order valence-corrected chi connectivity index (χ4v) is 2.82. The summed E-state index contributed by atoms with van der Waals surface area (Å²) in [7, 11) is 0. The third-order valence-electron chi connectivity index (χ3n) is 3.81. The third-order valence-corrected chi connectivity index (χ3v) is 3.81. The maximum Gasteiger partial charge on any atom is 0.0896 e. The van der Waals surface area contributed by atoms with Gasteiger partial charge in [0.25, 0.3) is 0 Å². The molecule has 1 aromatic carbocycles. The number of rotatable bonds is 4. The minimum absolute atomic E-state index is 0.136. The second kappa shape index (κ2) is 5.66. The van der Waals surface area contributed by atoms with Crippen LogP contribution in [0.15, 0.2) is 43.0 Å². The number of nitrogens with zero attached hydrogens (tertiary/aromatic N) is 3. The first kappa shape index (κ1) is 13.8. The normalized spacial score (nSPS) is 12.7. The second-order valence-electron chi connectivity index (χ2n) is 5.36. The van der Waals surface area contributed by atoms with Gasteiger partial charge in [-0.25, -0.2) is 4.52 Å². The van der Waals surface area contributed by atoms with Crippen LogP contribution in [-0.2, 0) is 0 Å². The number of nitrogens with one attached hydrogen (secondary N) is 1. The summed E-state index contributed by atoms with van der Waals surface area (Å²) in [6, 6.07) is 6.73. The van der Waals surface area contributed by atoms with Crippen molar-refractivity contribution in [1.29, 1.82) is 0 Å². The van der Waals surface area contributed by atoms with Gasteiger partial charge in [0, 0.05) is 18.0 Å². The van der Waals surface area contributed by atoms with Crippen molar-refractivity contribution in [1.82, 2.24) is 19.9 Å². The maximum absolute atomic E-state index is 4.43. The first-order valence-electron chi connectivity index (χ1n) is 7.28. The van der Waals surface area contributed by atoms with Gasteiger partial charge >= 0.3 is 0 Å². The zero-order valence-electron chi connectivity index (χ0n) is 12.7. The summed E-state index contributed by atoms with van der Waals surface area (Å²) >= 11 is 0. The molecule has 0 fully saturated rings. The molecule has 0 amide bonds. The molecule has 0 spiro atoms.